The van der Waals surface area contributed by atoms with Crippen LogP contribution in [0.5, 0.6) is 0 Å². The molecule has 1 amide bonds. The predicted molar refractivity (Wildman–Crippen MR) is 114 cm³/mol. The van der Waals surface area contributed by atoms with Gasteiger partial charge in [0.2, 0.25) is 5.91 Å². The van der Waals surface area contributed by atoms with Crippen LogP contribution in [0.15, 0.2) is 45.7 Å². The number of sulfonamides is 1. The van der Waals surface area contributed by atoms with Crippen LogP contribution in [0.25, 0.3) is 0 Å². The molecule has 0 aliphatic heterocycles. The number of hydrogen-bond acceptors (Lipinski definition) is 3. The summed E-state index contributed by atoms with van der Waals surface area (Å²) < 4.78 is 29.1. The molecule has 0 heterocycles. The van der Waals surface area contributed by atoms with Crippen molar-refractivity contribution in [2.24, 2.45) is 4.40 Å². The van der Waals surface area contributed by atoms with E-state index in [1.165, 1.54) is 12.4 Å². The van der Waals surface area contributed by atoms with E-state index in [9.17, 15) is 13.2 Å². The number of aryl methyl sites for hydroxylation is 1. The van der Waals surface area contributed by atoms with Gasteiger partial charge in [-0.1, -0.05) is 36.7 Å². The molecule has 0 aliphatic carbocycles. The Hall–Kier alpha value is -2.38. The molecular weight excluding hydrogens is 398 g/mol. The summed E-state index contributed by atoms with van der Waals surface area (Å²) in [6, 6.07) is 10.3. The van der Waals surface area contributed by atoms with E-state index in [-0.39, 0.29) is 17.2 Å². The SMILES string of the molecule is CCc1c(C)cc(NC(=O)Cc2ccccc2Cl)cc1S(=O)(=O)/N=C/N(C)C. The molecule has 2 aromatic rings. The summed E-state index contributed by atoms with van der Waals surface area (Å²) in [6.45, 7) is 3.70. The van der Waals surface area contributed by atoms with Crippen LogP contribution < -0.4 is 5.32 Å². The van der Waals surface area contributed by atoms with E-state index in [4.69, 9.17) is 11.6 Å². The molecule has 0 aliphatic rings. The summed E-state index contributed by atoms with van der Waals surface area (Å²) in [4.78, 5) is 14.1. The molecule has 0 bridgehead atoms. The minimum atomic E-state index is -3.89. The molecule has 2 rings (SSSR count). The third-order valence-electron chi connectivity index (χ3n) is 4.07. The average molecular weight is 422 g/mol. The molecule has 0 saturated heterocycles. The van der Waals surface area contributed by atoms with Gasteiger partial charge in [-0.05, 0) is 48.2 Å². The second-order valence-corrected chi connectivity index (χ2v) is 8.61. The second kappa shape index (κ2) is 9.21. The highest BCUT2D eigenvalue weighted by Crippen LogP contribution is 2.27. The van der Waals surface area contributed by atoms with Crippen molar-refractivity contribution in [3.63, 3.8) is 0 Å². The highest BCUT2D eigenvalue weighted by molar-refractivity contribution is 7.90. The Labute approximate surface area is 171 Å². The maximum atomic E-state index is 12.7. The molecule has 28 heavy (non-hydrogen) atoms. The molecule has 1 N–H and O–H groups in total. The Kier molecular flexibility index (Phi) is 7.21. The van der Waals surface area contributed by atoms with Crippen LogP contribution in [0.3, 0.4) is 0 Å². The van der Waals surface area contributed by atoms with Crippen LogP contribution in [0.1, 0.15) is 23.6 Å². The van der Waals surface area contributed by atoms with Gasteiger partial charge in [0.1, 0.15) is 6.34 Å². The monoisotopic (exact) mass is 421 g/mol. The van der Waals surface area contributed by atoms with Crippen molar-refractivity contribution in [3.8, 4) is 0 Å². The molecule has 6 nitrogen and oxygen atoms in total. The average Bonchev–Trinajstić information content (AvgIpc) is 2.61. The maximum Gasteiger partial charge on any atom is 0.284 e. The minimum absolute atomic E-state index is 0.0924. The molecule has 150 valence electrons. The van der Waals surface area contributed by atoms with Crippen LogP contribution in [0, 0.1) is 6.92 Å². The molecule has 8 heteroatoms. The Morgan fingerprint density at radius 3 is 2.54 bits per heavy atom. The number of hydrogen-bond donors (Lipinski definition) is 1. The molecule has 0 radical (unpaired) electrons. The minimum Gasteiger partial charge on any atom is -0.368 e. The van der Waals surface area contributed by atoms with Crippen molar-refractivity contribution in [1.82, 2.24) is 4.90 Å². The first-order chi connectivity index (χ1) is 13.1. The summed E-state index contributed by atoms with van der Waals surface area (Å²) in [5.41, 5.74) is 2.56. The van der Waals surface area contributed by atoms with Gasteiger partial charge in [0.15, 0.2) is 0 Å². The fourth-order valence-electron chi connectivity index (χ4n) is 2.77. The largest absolute Gasteiger partial charge is 0.368 e. The number of anilines is 1. The smallest absolute Gasteiger partial charge is 0.284 e. The molecule has 2 aromatic carbocycles. The van der Waals surface area contributed by atoms with E-state index < -0.39 is 10.0 Å². The van der Waals surface area contributed by atoms with Crippen LogP contribution in [-0.4, -0.2) is 39.7 Å². The first-order valence-corrected chi connectivity index (χ1v) is 10.6. The van der Waals surface area contributed by atoms with Crippen LogP contribution in [-0.2, 0) is 27.7 Å². The van der Waals surface area contributed by atoms with Gasteiger partial charge in [0.25, 0.3) is 10.0 Å². The number of nitrogens with zero attached hydrogens (tertiary/aromatic N) is 2. The summed E-state index contributed by atoms with van der Waals surface area (Å²) in [7, 11) is -0.507. The van der Waals surface area contributed by atoms with Gasteiger partial charge in [0, 0.05) is 24.8 Å². The van der Waals surface area contributed by atoms with Crippen LogP contribution >= 0.6 is 11.6 Å². The standard InChI is InChI=1S/C20H24ClN3O3S/c1-5-17-14(2)10-16(12-19(17)28(26,27)22-13-24(3)4)23-20(25)11-15-8-6-7-9-18(15)21/h6-10,12-13H,5,11H2,1-4H3,(H,23,25)/b22-13+. The third kappa shape index (κ3) is 5.56. The van der Waals surface area contributed by atoms with Crippen molar-refractivity contribution in [1.29, 1.82) is 0 Å². The van der Waals surface area contributed by atoms with Gasteiger partial charge in [-0.2, -0.15) is 8.42 Å². The normalized spacial score (nSPS) is 11.6. The molecule has 0 aromatic heterocycles. The van der Waals surface area contributed by atoms with Crippen molar-refractivity contribution < 1.29 is 13.2 Å². The van der Waals surface area contributed by atoms with E-state index in [2.05, 4.69) is 9.71 Å². The zero-order valence-electron chi connectivity index (χ0n) is 16.4. The Morgan fingerprint density at radius 2 is 1.93 bits per heavy atom. The molecule has 0 fully saturated rings. The lowest BCUT2D eigenvalue weighted by Gasteiger charge is -2.14. The third-order valence-corrected chi connectivity index (χ3v) is 5.73. The quantitative estimate of drug-likeness (QED) is 0.546. The highest BCUT2D eigenvalue weighted by atomic mass is 35.5. The topological polar surface area (TPSA) is 78.8 Å². The van der Waals surface area contributed by atoms with Crippen LogP contribution in [0.2, 0.25) is 5.02 Å². The number of rotatable bonds is 7. The number of nitrogens with one attached hydrogen (secondary N) is 1. The van der Waals surface area contributed by atoms with Crippen molar-refractivity contribution in [3.05, 3.63) is 58.1 Å². The lowest BCUT2D eigenvalue weighted by atomic mass is 10.1. The van der Waals surface area contributed by atoms with Gasteiger partial charge in [-0.15, -0.1) is 4.40 Å². The number of amides is 1. The number of halogens is 1. The summed E-state index contributed by atoms with van der Waals surface area (Å²) in [5.74, 6) is -0.281. The van der Waals surface area contributed by atoms with E-state index in [1.807, 2.05) is 19.9 Å². The highest BCUT2D eigenvalue weighted by Gasteiger charge is 2.20. The predicted octanol–water partition coefficient (Wildman–Crippen LogP) is 3.67. The molecule has 0 spiro atoms. The fraction of sp³-hybridized carbons (Fsp3) is 0.300. The Bertz CT molecular complexity index is 1000. The summed E-state index contributed by atoms with van der Waals surface area (Å²) in [6.07, 6.45) is 1.87. The van der Waals surface area contributed by atoms with Gasteiger partial charge in [0.05, 0.1) is 11.3 Å². The van der Waals surface area contributed by atoms with Crippen molar-refractivity contribution in [2.45, 2.75) is 31.6 Å². The lowest BCUT2D eigenvalue weighted by molar-refractivity contribution is -0.115. The zero-order chi connectivity index (χ0) is 20.9. The van der Waals surface area contributed by atoms with E-state index in [0.29, 0.717) is 28.3 Å². The van der Waals surface area contributed by atoms with E-state index in [1.54, 1.807) is 43.3 Å². The van der Waals surface area contributed by atoms with Crippen molar-refractivity contribution >= 4 is 39.6 Å². The van der Waals surface area contributed by atoms with Crippen LogP contribution in [0.4, 0.5) is 5.69 Å². The van der Waals surface area contributed by atoms with Gasteiger partial charge in [-0.3, -0.25) is 4.79 Å². The molecule has 0 atom stereocenters. The Balaban J connectivity index is 2.35. The molecule has 0 unspecified atom stereocenters. The van der Waals surface area contributed by atoms with E-state index >= 15 is 0 Å². The van der Waals surface area contributed by atoms with Gasteiger partial charge >= 0.3 is 0 Å². The van der Waals surface area contributed by atoms with Gasteiger partial charge in [-0.25, -0.2) is 0 Å². The van der Waals surface area contributed by atoms with Gasteiger partial charge < -0.3 is 10.2 Å². The number of carbonyl (C=O) groups is 1. The summed E-state index contributed by atoms with van der Waals surface area (Å²) >= 11 is 6.10. The lowest BCUT2D eigenvalue weighted by Crippen LogP contribution is -2.16. The van der Waals surface area contributed by atoms with Crippen molar-refractivity contribution in [2.75, 3.05) is 19.4 Å². The maximum absolute atomic E-state index is 12.7. The molecule has 0 saturated carbocycles. The molecular formula is C20H24ClN3O3S. The fourth-order valence-corrected chi connectivity index (χ4v) is 4.29. The van der Waals surface area contributed by atoms with E-state index in [0.717, 1.165) is 5.56 Å². The first-order valence-electron chi connectivity index (χ1n) is 8.77. The first kappa shape index (κ1) is 21.9. The second-order valence-electron chi connectivity index (χ2n) is 6.60. The Morgan fingerprint density at radius 1 is 1.25 bits per heavy atom. The number of benzene rings is 2. The number of carbonyl (C=O) groups excluding carboxylic acids is 1. The zero-order valence-corrected chi connectivity index (χ0v) is 17.9. The summed E-state index contributed by atoms with van der Waals surface area (Å²) in [5, 5.41) is 3.27.